The van der Waals surface area contributed by atoms with Gasteiger partial charge in [-0.1, -0.05) is 62.4 Å². The Morgan fingerprint density at radius 3 is 2.20 bits per heavy atom. The molecule has 2 amide bonds. The van der Waals surface area contributed by atoms with E-state index in [0.717, 1.165) is 11.1 Å². The number of rotatable bonds is 14. The van der Waals surface area contributed by atoms with Gasteiger partial charge in [-0.05, 0) is 70.9 Å². The lowest BCUT2D eigenvalue weighted by Crippen LogP contribution is -2.42. The van der Waals surface area contributed by atoms with Gasteiger partial charge in [0.1, 0.15) is 6.61 Å². The van der Waals surface area contributed by atoms with Crippen molar-refractivity contribution in [2.45, 2.75) is 85.6 Å². The second kappa shape index (κ2) is 18.0. The fraction of sp³-hybridized carbons (Fsp3) is 0.485. The normalized spacial score (nSPS) is 14.1. The second-order valence-corrected chi connectivity index (χ2v) is 14.5. The first-order chi connectivity index (χ1) is 21.1. The van der Waals surface area contributed by atoms with Gasteiger partial charge in [0.25, 0.3) is 0 Å². The molecule has 0 bridgehead atoms. The molecule has 0 saturated carbocycles. The zero-order valence-corrected chi connectivity index (χ0v) is 29.2. The van der Waals surface area contributed by atoms with Gasteiger partial charge < -0.3 is 14.8 Å². The number of carbonyl (C=O) groups excluding carboxylic acids is 2. The molecule has 12 heteroatoms. The van der Waals surface area contributed by atoms with Crippen LogP contribution >= 0.6 is 11.8 Å². The third kappa shape index (κ3) is 14.1. The Morgan fingerprint density at radius 2 is 1.64 bits per heavy atom. The number of amides is 2. The van der Waals surface area contributed by atoms with Gasteiger partial charge in [-0.15, -0.1) is 11.8 Å². The van der Waals surface area contributed by atoms with Gasteiger partial charge in [-0.25, -0.2) is 22.7 Å². The Balaban J connectivity index is 2.33. The van der Waals surface area contributed by atoms with Crippen LogP contribution < -0.4 is 15.4 Å². The maximum atomic E-state index is 13.4. The minimum absolute atomic E-state index is 0.131. The lowest BCUT2D eigenvalue weighted by atomic mass is 9.98. The molecule has 0 aromatic heterocycles. The van der Waals surface area contributed by atoms with Crippen molar-refractivity contribution >= 4 is 44.7 Å². The lowest BCUT2D eigenvalue weighted by molar-refractivity contribution is 0.130. The Morgan fingerprint density at radius 1 is 1.00 bits per heavy atom. The molecule has 0 fully saturated rings. The molecule has 2 aromatic carbocycles. The van der Waals surface area contributed by atoms with Crippen molar-refractivity contribution in [3.8, 4) is 0 Å². The SMILES string of the molecule is CC/C=C(\CC(/N=C(\SC)c1ccc(NC(=O)OC(C)C)cc1)C(C)CNC(=O)OCc1ccccc1)S(=O)(=O)NC(C)(C)C. The molecule has 2 rings (SSSR count). The van der Waals surface area contributed by atoms with Crippen molar-refractivity contribution in [1.29, 1.82) is 0 Å². The van der Waals surface area contributed by atoms with E-state index in [1.807, 2.05) is 62.6 Å². The van der Waals surface area contributed by atoms with E-state index in [4.69, 9.17) is 14.5 Å². The van der Waals surface area contributed by atoms with E-state index >= 15 is 0 Å². The van der Waals surface area contributed by atoms with Gasteiger partial charge in [0.05, 0.1) is 22.1 Å². The van der Waals surface area contributed by atoms with Crippen LogP contribution in [-0.4, -0.2) is 56.1 Å². The highest BCUT2D eigenvalue weighted by atomic mass is 32.2. The molecule has 0 saturated heterocycles. The van der Waals surface area contributed by atoms with Crippen LogP contribution in [0.3, 0.4) is 0 Å². The summed E-state index contributed by atoms with van der Waals surface area (Å²) >= 11 is 1.43. The molecule has 2 aromatic rings. The van der Waals surface area contributed by atoms with Crippen molar-refractivity contribution in [1.82, 2.24) is 10.0 Å². The summed E-state index contributed by atoms with van der Waals surface area (Å²) in [7, 11) is -3.80. The number of nitrogens with one attached hydrogen (secondary N) is 3. The quantitative estimate of drug-likeness (QED) is 0.146. The summed E-state index contributed by atoms with van der Waals surface area (Å²) in [6.45, 7) is 13.1. The van der Waals surface area contributed by atoms with Crippen molar-refractivity contribution in [2.24, 2.45) is 10.9 Å². The second-order valence-electron chi connectivity index (χ2n) is 11.9. The molecule has 0 aliphatic rings. The summed E-state index contributed by atoms with van der Waals surface area (Å²) in [5.41, 5.74) is 1.58. The molecular formula is C33H48N4O6S2. The first-order valence-electron chi connectivity index (χ1n) is 15.0. The Kier molecular flexibility index (Phi) is 15.1. The van der Waals surface area contributed by atoms with Crippen molar-refractivity contribution in [3.63, 3.8) is 0 Å². The third-order valence-electron chi connectivity index (χ3n) is 6.26. The highest BCUT2D eigenvalue weighted by molar-refractivity contribution is 8.13. The first kappa shape index (κ1) is 37.8. The molecule has 0 heterocycles. The smallest absolute Gasteiger partial charge is 0.411 e. The maximum absolute atomic E-state index is 13.4. The minimum atomic E-state index is -3.80. The monoisotopic (exact) mass is 660 g/mol. The number of alkyl carbamates (subject to hydrolysis) is 1. The van der Waals surface area contributed by atoms with E-state index in [-0.39, 0.29) is 36.5 Å². The highest BCUT2D eigenvalue weighted by Crippen LogP contribution is 2.25. The highest BCUT2D eigenvalue weighted by Gasteiger charge is 2.29. The van der Waals surface area contributed by atoms with E-state index in [9.17, 15) is 18.0 Å². The summed E-state index contributed by atoms with van der Waals surface area (Å²) < 4.78 is 40.1. The van der Waals surface area contributed by atoms with Gasteiger partial charge in [0, 0.05) is 29.8 Å². The van der Waals surface area contributed by atoms with Crippen LogP contribution in [0.1, 0.15) is 72.4 Å². The fourth-order valence-corrected chi connectivity index (χ4v) is 6.51. The minimum Gasteiger partial charge on any atom is -0.447 e. The number of anilines is 1. The number of nitrogens with zero attached hydrogens (tertiary/aromatic N) is 1. The number of hydrogen-bond donors (Lipinski definition) is 3. The zero-order chi connectivity index (χ0) is 33.6. The summed E-state index contributed by atoms with van der Waals surface area (Å²) in [6.07, 6.45) is 2.91. The molecule has 2 atom stereocenters. The molecule has 0 radical (unpaired) electrons. The summed E-state index contributed by atoms with van der Waals surface area (Å²) in [5.74, 6) is -0.256. The molecule has 10 nitrogen and oxygen atoms in total. The predicted octanol–water partition coefficient (Wildman–Crippen LogP) is 7.09. The van der Waals surface area contributed by atoms with Crippen LogP contribution in [0.15, 0.2) is 70.6 Å². The maximum Gasteiger partial charge on any atom is 0.411 e. The number of allylic oxidation sites excluding steroid dienone is 1. The van der Waals surface area contributed by atoms with Crippen LogP contribution in [-0.2, 0) is 26.1 Å². The first-order valence-corrected chi connectivity index (χ1v) is 17.7. The van der Waals surface area contributed by atoms with Gasteiger partial charge in [-0.2, -0.15) is 0 Å². The molecule has 0 aliphatic heterocycles. The molecule has 2 unspecified atom stereocenters. The average Bonchev–Trinajstić information content (AvgIpc) is 2.95. The van der Waals surface area contributed by atoms with Crippen molar-refractivity contribution in [2.75, 3.05) is 18.1 Å². The van der Waals surface area contributed by atoms with Crippen LogP contribution in [0.4, 0.5) is 15.3 Å². The van der Waals surface area contributed by atoms with Crippen LogP contribution in [0, 0.1) is 5.92 Å². The number of benzene rings is 2. The number of hydrogen-bond acceptors (Lipinski definition) is 8. The topological polar surface area (TPSA) is 135 Å². The zero-order valence-electron chi connectivity index (χ0n) is 27.5. The molecule has 45 heavy (non-hydrogen) atoms. The fourth-order valence-electron chi connectivity index (χ4n) is 4.19. The Labute approximate surface area is 272 Å². The predicted molar refractivity (Wildman–Crippen MR) is 184 cm³/mol. The lowest BCUT2D eigenvalue weighted by Gasteiger charge is -2.26. The third-order valence-corrected chi connectivity index (χ3v) is 8.90. The Bertz CT molecular complexity index is 1400. The van der Waals surface area contributed by atoms with Gasteiger partial charge >= 0.3 is 12.2 Å². The molecule has 3 N–H and O–H groups in total. The van der Waals surface area contributed by atoms with Crippen molar-refractivity contribution in [3.05, 3.63) is 76.7 Å². The number of thioether (sulfide) groups is 1. The number of sulfonamides is 1. The summed E-state index contributed by atoms with van der Waals surface area (Å²) in [6, 6.07) is 16.1. The largest absolute Gasteiger partial charge is 0.447 e. The van der Waals surface area contributed by atoms with Crippen LogP contribution in [0.25, 0.3) is 0 Å². The van der Waals surface area contributed by atoms with Gasteiger partial charge in [0.2, 0.25) is 10.0 Å². The van der Waals surface area contributed by atoms with E-state index in [1.165, 1.54) is 11.8 Å². The van der Waals surface area contributed by atoms with E-state index < -0.39 is 33.8 Å². The standard InChI is InChI=1S/C33H48N4O6S2/c1-9-13-28(45(40,41)37-33(5,6)7)20-29(24(4)21-34-31(38)42-22-25-14-11-10-12-15-25)36-30(44-8)26-16-18-27(19-17-26)35-32(39)43-23(2)3/h10-19,23-24,29,37H,9,20-22H2,1-8H3,(H,34,38)(H,35,39)/b28-13+,36-30-. The number of aliphatic imine (C=N–C) groups is 1. The molecule has 0 aliphatic carbocycles. The van der Waals surface area contributed by atoms with Gasteiger partial charge in [-0.3, -0.25) is 10.3 Å². The summed E-state index contributed by atoms with van der Waals surface area (Å²) in [5, 5.41) is 6.20. The van der Waals surface area contributed by atoms with E-state index in [1.54, 1.807) is 52.8 Å². The molecule has 248 valence electrons. The molecular weight excluding hydrogens is 613 g/mol. The number of ether oxygens (including phenoxy) is 2. The van der Waals surface area contributed by atoms with E-state index in [0.29, 0.717) is 17.2 Å². The summed E-state index contributed by atoms with van der Waals surface area (Å²) in [4.78, 5) is 29.8. The average molecular weight is 661 g/mol. The Hall–Kier alpha value is -3.35. The van der Waals surface area contributed by atoms with Crippen LogP contribution in [0.5, 0.6) is 0 Å². The van der Waals surface area contributed by atoms with Crippen molar-refractivity contribution < 1.29 is 27.5 Å². The van der Waals surface area contributed by atoms with Crippen LogP contribution in [0.2, 0.25) is 0 Å². The van der Waals surface area contributed by atoms with E-state index in [2.05, 4.69) is 15.4 Å². The number of carbonyl (C=O) groups is 2. The molecule has 0 spiro atoms. The van der Waals surface area contributed by atoms with Gasteiger partial charge in [0.15, 0.2) is 0 Å².